The lowest BCUT2D eigenvalue weighted by molar-refractivity contribution is 0.0602. The van der Waals surface area contributed by atoms with Crippen molar-refractivity contribution < 1.29 is 9.21 Å². The number of nitrogens with one attached hydrogen (secondary N) is 1. The molecule has 1 saturated heterocycles. The SMILES string of the molecule is CCC1CCCCN1C(=O)c1cc(-c2ccco2)[nH]n1. The van der Waals surface area contributed by atoms with Crippen LogP contribution in [-0.2, 0) is 0 Å². The van der Waals surface area contributed by atoms with Crippen LogP contribution in [0.2, 0.25) is 0 Å². The van der Waals surface area contributed by atoms with E-state index < -0.39 is 0 Å². The molecule has 1 aliphatic heterocycles. The number of hydrogen-bond donors (Lipinski definition) is 1. The third kappa shape index (κ3) is 2.35. The molecule has 2 aromatic heterocycles. The van der Waals surface area contributed by atoms with E-state index in [0.717, 1.165) is 31.5 Å². The Morgan fingerprint density at radius 1 is 1.55 bits per heavy atom. The van der Waals surface area contributed by atoms with Crippen LogP contribution in [-0.4, -0.2) is 33.6 Å². The summed E-state index contributed by atoms with van der Waals surface area (Å²) in [6, 6.07) is 5.77. The van der Waals surface area contributed by atoms with Crippen molar-refractivity contribution >= 4 is 5.91 Å². The molecular weight excluding hydrogens is 254 g/mol. The molecule has 5 heteroatoms. The molecule has 1 unspecified atom stereocenters. The van der Waals surface area contributed by atoms with Crippen LogP contribution in [0.4, 0.5) is 0 Å². The molecule has 3 heterocycles. The Balaban J connectivity index is 1.80. The van der Waals surface area contributed by atoms with Crippen LogP contribution in [0.25, 0.3) is 11.5 Å². The zero-order valence-electron chi connectivity index (χ0n) is 11.6. The van der Waals surface area contributed by atoms with Crippen LogP contribution in [0.15, 0.2) is 28.9 Å². The molecule has 5 nitrogen and oxygen atoms in total. The quantitative estimate of drug-likeness (QED) is 0.934. The zero-order chi connectivity index (χ0) is 13.9. The smallest absolute Gasteiger partial charge is 0.274 e. The Kier molecular flexibility index (Phi) is 3.58. The molecule has 3 rings (SSSR count). The summed E-state index contributed by atoms with van der Waals surface area (Å²) < 4.78 is 5.30. The van der Waals surface area contributed by atoms with Crippen molar-refractivity contribution in [3.63, 3.8) is 0 Å². The van der Waals surface area contributed by atoms with Crippen LogP contribution >= 0.6 is 0 Å². The van der Waals surface area contributed by atoms with Gasteiger partial charge in [-0.15, -0.1) is 0 Å². The van der Waals surface area contributed by atoms with E-state index in [-0.39, 0.29) is 5.91 Å². The van der Waals surface area contributed by atoms with Gasteiger partial charge >= 0.3 is 0 Å². The first-order valence-corrected chi connectivity index (χ1v) is 7.20. The van der Waals surface area contributed by atoms with Gasteiger partial charge in [0.15, 0.2) is 11.5 Å². The van der Waals surface area contributed by atoms with Crippen LogP contribution in [0, 0.1) is 0 Å². The molecule has 20 heavy (non-hydrogen) atoms. The third-order valence-corrected chi connectivity index (χ3v) is 3.94. The lowest BCUT2D eigenvalue weighted by Gasteiger charge is -2.34. The summed E-state index contributed by atoms with van der Waals surface area (Å²) in [5.74, 6) is 0.716. The molecule has 1 atom stereocenters. The van der Waals surface area contributed by atoms with E-state index in [4.69, 9.17) is 4.42 Å². The van der Waals surface area contributed by atoms with Crippen LogP contribution in [0.1, 0.15) is 43.1 Å². The van der Waals surface area contributed by atoms with Gasteiger partial charge in [0.2, 0.25) is 0 Å². The summed E-state index contributed by atoms with van der Waals surface area (Å²) in [5.41, 5.74) is 1.21. The molecular formula is C15H19N3O2. The number of H-pyrrole nitrogens is 1. The number of rotatable bonds is 3. The largest absolute Gasteiger partial charge is 0.463 e. The standard InChI is InChI=1S/C15H19N3O2/c1-2-11-6-3-4-8-18(11)15(19)13-10-12(16-17-13)14-7-5-9-20-14/h5,7,9-11H,2-4,6,8H2,1H3,(H,16,17). The number of carbonyl (C=O) groups is 1. The number of piperidine rings is 1. The molecule has 0 radical (unpaired) electrons. The average molecular weight is 273 g/mol. The Bertz CT molecular complexity index is 574. The number of aromatic amines is 1. The van der Waals surface area contributed by atoms with Crippen LogP contribution < -0.4 is 0 Å². The highest BCUT2D eigenvalue weighted by Gasteiger charge is 2.27. The van der Waals surface area contributed by atoms with Crippen molar-refractivity contribution in [1.82, 2.24) is 15.1 Å². The second kappa shape index (κ2) is 5.53. The first kappa shape index (κ1) is 13.0. The molecule has 1 fully saturated rings. The summed E-state index contributed by atoms with van der Waals surface area (Å²) in [7, 11) is 0. The molecule has 0 spiro atoms. The lowest BCUT2D eigenvalue weighted by Crippen LogP contribution is -2.43. The number of furan rings is 1. The van der Waals surface area contributed by atoms with Crippen molar-refractivity contribution in [1.29, 1.82) is 0 Å². The van der Waals surface area contributed by atoms with Gasteiger partial charge < -0.3 is 9.32 Å². The molecule has 1 N–H and O–H groups in total. The maximum absolute atomic E-state index is 12.6. The average Bonchev–Trinajstić information content (AvgIpc) is 3.16. The van der Waals surface area contributed by atoms with Gasteiger partial charge in [-0.2, -0.15) is 5.10 Å². The fourth-order valence-corrected chi connectivity index (χ4v) is 2.83. The number of aromatic nitrogens is 2. The van der Waals surface area contributed by atoms with Gasteiger partial charge in [-0.25, -0.2) is 0 Å². The topological polar surface area (TPSA) is 62.1 Å². The minimum atomic E-state index is 0.0191. The summed E-state index contributed by atoms with van der Waals surface area (Å²) in [5, 5.41) is 7.01. The van der Waals surface area contributed by atoms with E-state index in [2.05, 4.69) is 17.1 Å². The number of carbonyl (C=O) groups excluding carboxylic acids is 1. The van der Waals surface area contributed by atoms with Gasteiger partial charge in [0.1, 0.15) is 5.69 Å². The highest BCUT2D eigenvalue weighted by Crippen LogP contribution is 2.23. The van der Waals surface area contributed by atoms with Gasteiger partial charge in [-0.1, -0.05) is 6.92 Å². The predicted molar refractivity (Wildman–Crippen MR) is 75.3 cm³/mol. The van der Waals surface area contributed by atoms with Gasteiger partial charge in [-0.05, 0) is 37.8 Å². The molecule has 0 aliphatic carbocycles. The second-order valence-corrected chi connectivity index (χ2v) is 5.20. The molecule has 0 bridgehead atoms. The molecule has 1 aliphatic rings. The van der Waals surface area contributed by atoms with Crippen molar-refractivity contribution in [3.8, 4) is 11.5 Å². The number of amides is 1. The second-order valence-electron chi connectivity index (χ2n) is 5.20. The monoisotopic (exact) mass is 273 g/mol. The van der Waals surface area contributed by atoms with Gasteiger partial charge in [0.25, 0.3) is 5.91 Å². The predicted octanol–water partition coefficient (Wildman–Crippen LogP) is 3.07. The van der Waals surface area contributed by atoms with E-state index in [0.29, 0.717) is 17.5 Å². The normalized spacial score (nSPS) is 19.2. The molecule has 0 saturated carbocycles. The highest BCUT2D eigenvalue weighted by atomic mass is 16.3. The minimum Gasteiger partial charge on any atom is -0.463 e. The molecule has 106 valence electrons. The van der Waals surface area contributed by atoms with Crippen LogP contribution in [0.5, 0.6) is 0 Å². The highest BCUT2D eigenvalue weighted by molar-refractivity contribution is 5.93. The fraction of sp³-hybridized carbons (Fsp3) is 0.467. The van der Waals surface area contributed by atoms with E-state index >= 15 is 0 Å². The molecule has 1 amide bonds. The van der Waals surface area contributed by atoms with Crippen molar-refractivity contribution in [2.45, 2.75) is 38.6 Å². The zero-order valence-corrected chi connectivity index (χ0v) is 11.6. The Morgan fingerprint density at radius 2 is 2.45 bits per heavy atom. The van der Waals surface area contributed by atoms with E-state index in [1.807, 2.05) is 17.0 Å². The summed E-state index contributed by atoms with van der Waals surface area (Å²) in [6.07, 6.45) is 5.99. The lowest BCUT2D eigenvalue weighted by atomic mass is 9.99. The van der Waals surface area contributed by atoms with E-state index in [1.54, 1.807) is 12.3 Å². The maximum atomic E-state index is 12.6. The van der Waals surface area contributed by atoms with Gasteiger partial charge in [0, 0.05) is 18.7 Å². The summed E-state index contributed by atoms with van der Waals surface area (Å²) in [4.78, 5) is 14.5. The Morgan fingerprint density at radius 3 is 3.20 bits per heavy atom. The van der Waals surface area contributed by atoms with Crippen molar-refractivity contribution in [2.75, 3.05) is 6.54 Å². The summed E-state index contributed by atoms with van der Waals surface area (Å²) >= 11 is 0. The van der Waals surface area contributed by atoms with E-state index in [1.165, 1.54) is 6.42 Å². The molecule has 0 aromatic carbocycles. The van der Waals surface area contributed by atoms with Gasteiger partial charge in [0.05, 0.1) is 6.26 Å². The minimum absolute atomic E-state index is 0.0191. The first-order chi connectivity index (χ1) is 9.79. The van der Waals surface area contributed by atoms with E-state index in [9.17, 15) is 4.79 Å². The van der Waals surface area contributed by atoms with Gasteiger partial charge in [-0.3, -0.25) is 9.89 Å². The third-order valence-electron chi connectivity index (χ3n) is 3.94. The first-order valence-electron chi connectivity index (χ1n) is 7.20. The fourth-order valence-electron chi connectivity index (χ4n) is 2.83. The van der Waals surface area contributed by atoms with Crippen molar-refractivity contribution in [2.24, 2.45) is 0 Å². The summed E-state index contributed by atoms with van der Waals surface area (Å²) in [6.45, 7) is 2.97. The number of nitrogens with zero attached hydrogens (tertiary/aromatic N) is 2. The Labute approximate surface area is 118 Å². The number of likely N-dealkylation sites (tertiary alicyclic amines) is 1. The Hall–Kier alpha value is -2.04. The van der Waals surface area contributed by atoms with Crippen molar-refractivity contribution in [3.05, 3.63) is 30.2 Å². The molecule has 2 aromatic rings. The maximum Gasteiger partial charge on any atom is 0.274 e. The number of hydrogen-bond acceptors (Lipinski definition) is 3. The van der Waals surface area contributed by atoms with Crippen LogP contribution in [0.3, 0.4) is 0 Å².